The van der Waals surface area contributed by atoms with Gasteiger partial charge in [0.2, 0.25) is 0 Å². The number of nitrogen functional groups attached to an aromatic ring is 1. The molecule has 0 spiro atoms. The number of aromatic nitrogens is 2. The van der Waals surface area contributed by atoms with Crippen LogP contribution in [0.2, 0.25) is 0 Å². The number of carbonyl (C=O) groups is 1. The Labute approximate surface area is 94.9 Å². The van der Waals surface area contributed by atoms with E-state index in [9.17, 15) is 9.59 Å². The number of hydrogen-bond donors (Lipinski definition) is 2. The fourth-order valence-electron chi connectivity index (χ4n) is 1.32. The van der Waals surface area contributed by atoms with Crippen LogP contribution in [0.25, 0.3) is 0 Å². The number of primary amides is 1. The first-order valence-electron chi connectivity index (χ1n) is 4.64. The summed E-state index contributed by atoms with van der Waals surface area (Å²) < 4.78 is 15.7. The van der Waals surface area contributed by atoms with Gasteiger partial charge in [-0.2, -0.15) is 4.98 Å². The highest BCUT2D eigenvalue weighted by Crippen LogP contribution is 2.20. The minimum atomic E-state index is -1.22. The largest absolute Gasteiger partial charge is 0.408 e. The molecule has 1 aliphatic rings. The summed E-state index contributed by atoms with van der Waals surface area (Å²) in [4.78, 5) is 25.4. The third-order valence-corrected chi connectivity index (χ3v) is 2.02. The summed E-state index contributed by atoms with van der Waals surface area (Å²) in [5.74, 6) is 0.107. The van der Waals surface area contributed by atoms with Gasteiger partial charge in [-0.05, 0) is 6.07 Å². The SMILES string of the molecule is NC(=O)OC1OCC(n2ccc(N)nc2=O)O1. The topological polar surface area (TPSA) is 132 Å². The van der Waals surface area contributed by atoms with Crippen molar-refractivity contribution < 1.29 is 19.0 Å². The zero-order valence-electron chi connectivity index (χ0n) is 8.61. The van der Waals surface area contributed by atoms with E-state index in [0.29, 0.717) is 0 Å². The van der Waals surface area contributed by atoms with Crippen molar-refractivity contribution in [2.45, 2.75) is 12.7 Å². The van der Waals surface area contributed by atoms with E-state index in [1.54, 1.807) is 0 Å². The fraction of sp³-hybridized carbons (Fsp3) is 0.375. The highest BCUT2D eigenvalue weighted by molar-refractivity contribution is 5.64. The van der Waals surface area contributed by atoms with Gasteiger partial charge < -0.3 is 20.9 Å². The van der Waals surface area contributed by atoms with Crippen LogP contribution in [0.1, 0.15) is 6.23 Å². The lowest BCUT2D eigenvalue weighted by atomic mass is 10.5. The molecule has 2 heterocycles. The minimum Gasteiger partial charge on any atom is -0.394 e. The van der Waals surface area contributed by atoms with Crippen LogP contribution in [-0.2, 0) is 14.2 Å². The molecule has 0 aromatic carbocycles. The first-order valence-corrected chi connectivity index (χ1v) is 4.64. The third-order valence-electron chi connectivity index (χ3n) is 2.02. The Balaban J connectivity index is 2.10. The van der Waals surface area contributed by atoms with E-state index < -0.39 is 24.5 Å². The number of rotatable bonds is 2. The zero-order chi connectivity index (χ0) is 12.4. The molecule has 4 N–H and O–H groups in total. The van der Waals surface area contributed by atoms with Gasteiger partial charge in [-0.15, -0.1) is 0 Å². The Morgan fingerprint density at radius 3 is 3.06 bits per heavy atom. The summed E-state index contributed by atoms with van der Waals surface area (Å²) in [7, 11) is 0. The summed E-state index contributed by atoms with van der Waals surface area (Å²) in [5, 5.41) is 0. The van der Waals surface area contributed by atoms with E-state index >= 15 is 0 Å². The lowest BCUT2D eigenvalue weighted by molar-refractivity contribution is -0.209. The molecule has 0 radical (unpaired) electrons. The summed E-state index contributed by atoms with van der Waals surface area (Å²) in [6.45, 7) is -1.19. The lowest BCUT2D eigenvalue weighted by Crippen LogP contribution is -2.29. The summed E-state index contributed by atoms with van der Waals surface area (Å²) >= 11 is 0. The van der Waals surface area contributed by atoms with Gasteiger partial charge in [-0.25, -0.2) is 9.59 Å². The average molecular weight is 242 g/mol. The number of anilines is 1. The van der Waals surface area contributed by atoms with Gasteiger partial charge in [0, 0.05) is 6.20 Å². The van der Waals surface area contributed by atoms with Gasteiger partial charge in [0.1, 0.15) is 5.82 Å². The molecule has 9 heteroatoms. The maximum atomic E-state index is 11.5. The number of amides is 1. The second kappa shape index (κ2) is 4.39. The maximum Gasteiger partial charge on any atom is 0.408 e. The van der Waals surface area contributed by atoms with Gasteiger partial charge in [-0.1, -0.05) is 0 Å². The van der Waals surface area contributed by atoms with E-state index in [1.165, 1.54) is 16.8 Å². The first-order chi connectivity index (χ1) is 8.06. The zero-order valence-corrected chi connectivity index (χ0v) is 8.61. The quantitative estimate of drug-likeness (QED) is 0.662. The van der Waals surface area contributed by atoms with Gasteiger partial charge in [0.15, 0.2) is 6.23 Å². The summed E-state index contributed by atoms with van der Waals surface area (Å²) in [6, 6.07) is 1.44. The molecule has 1 amide bonds. The van der Waals surface area contributed by atoms with Crippen LogP contribution >= 0.6 is 0 Å². The Kier molecular flexibility index (Phi) is 2.93. The molecule has 2 rings (SSSR count). The predicted octanol–water partition coefficient (Wildman–Crippen LogP) is -1.25. The van der Waals surface area contributed by atoms with Gasteiger partial charge in [0.05, 0.1) is 6.61 Å². The number of hydrogen-bond acceptors (Lipinski definition) is 7. The van der Waals surface area contributed by atoms with Crippen LogP contribution in [0, 0.1) is 0 Å². The molecular formula is C8H10N4O5. The highest BCUT2D eigenvalue weighted by Gasteiger charge is 2.30. The number of nitrogens with zero attached hydrogens (tertiary/aromatic N) is 2. The minimum absolute atomic E-state index is 0.0312. The molecule has 1 aromatic rings. The summed E-state index contributed by atoms with van der Waals surface area (Å²) in [6.07, 6.45) is -0.357. The van der Waals surface area contributed by atoms with Crippen LogP contribution in [0.3, 0.4) is 0 Å². The van der Waals surface area contributed by atoms with Crippen LogP contribution in [-0.4, -0.2) is 28.7 Å². The average Bonchev–Trinajstić information content (AvgIpc) is 2.65. The molecule has 1 aromatic heterocycles. The monoisotopic (exact) mass is 242 g/mol. The molecule has 0 aliphatic carbocycles. The van der Waals surface area contributed by atoms with Gasteiger partial charge in [-0.3, -0.25) is 9.30 Å². The van der Waals surface area contributed by atoms with Gasteiger partial charge in [0.25, 0.3) is 0 Å². The van der Waals surface area contributed by atoms with Gasteiger partial charge >= 0.3 is 18.3 Å². The number of ether oxygens (including phenoxy) is 3. The Morgan fingerprint density at radius 1 is 1.65 bits per heavy atom. The van der Waals surface area contributed by atoms with E-state index in [4.69, 9.17) is 20.9 Å². The molecular weight excluding hydrogens is 232 g/mol. The Hall–Kier alpha value is -2.13. The maximum absolute atomic E-state index is 11.5. The Morgan fingerprint density at radius 2 is 2.41 bits per heavy atom. The van der Waals surface area contributed by atoms with Crippen molar-refractivity contribution >= 4 is 11.9 Å². The van der Waals surface area contributed by atoms with E-state index in [-0.39, 0.29) is 12.4 Å². The molecule has 2 unspecified atom stereocenters. The van der Waals surface area contributed by atoms with E-state index in [0.717, 1.165) is 0 Å². The van der Waals surface area contributed by atoms with Crippen LogP contribution in [0.15, 0.2) is 17.1 Å². The van der Waals surface area contributed by atoms with Crippen molar-refractivity contribution in [2.24, 2.45) is 5.73 Å². The smallest absolute Gasteiger partial charge is 0.394 e. The molecule has 1 saturated heterocycles. The molecule has 2 atom stereocenters. The molecule has 9 nitrogen and oxygen atoms in total. The fourth-order valence-corrected chi connectivity index (χ4v) is 1.32. The van der Waals surface area contributed by atoms with Crippen LogP contribution in [0.5, 0.6) is 0 Å². The second-order valence-electron chi connectivity index (χ2n) is 3.19. The van der Waals surface area contributed by atoms with Crippen molar-refractivity contribution in [1.29, 1.82) is 0 Å². The highest BCUT2D eigenvalue weighted by atomic mass is 16.9. The van der Waals surface area contributed by atoms with Crippen LogP contribution in [0.4, 0.5) is 10.6 Å². The molecule has 17 heavy (non-hydrogen) atoms. The normalized spacial score (nSPS) is 23.5. The van der Waals surface area contributed by atoms with Crippen molar-refractivity contribution in [3.63, 3.8) is 0 Å². The van der Waals surface area contributed by atoms with Crippen molar-refractivity contribution in [2.75, 3.05) is 12.3 Å². The third kappa shape index (κ3) is 2.52. The molecule has 1 aliphatic heterocycles. The predicted molar refractivity (Wildman–Crippen MR) is 53.4 cm³/mol. The second-order valence-corrected chi connectivity index (χ2v) is 3.19. The van der Waals surface area contributed by atoms with Crippen molar-refractivity contribution in [3.8, 4) is 0 Å². The molecule has 92 valence electrons. The lowest BCUT2D eigenvalue weighted by Gasteiger charge is -2.12. The van der Waals surface area contributed by atoms with Crippen LogP contribution < -0.4 is 17.2 Å². The molecule has 1 fully saturated rings. The number of carbonyl (C=O) groups excluding carboxylic acids is 1. The van der Waals surface area contributed by atoms with E-state index in [1.807, 2.05) is 0 Å². The Bertz CT molecular complexity index is 487. The molecule has 0 saturated carbocycles. The molecule has 0 bridgehead atoms. The standard InChI is InChI=1S/C8H10N4O5/c9-4-1-2-12(7(14)11-4)5-3-15-8(16-5)17-6(10)13/h1-2,5,8H,3H2,(H2,10,13)(H2,9,11,14). The van der Waals surface area contributed by atoms with Crippen molar-refractivity contribution in [1.82, 2.24) is 9.55 Å². The summed E-state index contributed by atoms with van der Waals surface area (Å²) in [5.41, 5.74) is 9.54. The first kappa shape index (κ1) is 11.4. The van der Waals surface area contributed by atoms with Crippen molar-refractivity contribution in [3.05, 3.63) is 22.7 Å². The number of nitrogens with two attached hydrogens (primary N) is 2. The van der Waals surface area contributed by atoms with E-state index in [2.05, 4.69) is 9.72 Å².